The Morgan fingerprint density at radius 1 is 1.62 bits per heavy atom. The molecule has 2 N–H and O–H groups in total. The summed E-state index contributed by atoms with van der Waals surface area (Å²) in [6, 6.07) is 1.51. The molecule has 0 bridgehead atoms. The van der Waals surface area contributed by atoms with Crippen LogP contribution in [0.1, 0.15) is 17.3 Å². The minimum atomic E-state index is -1.47. The molecular weight excluding hydrogens is 219 g/mol. The zero-order valence-electron chi connectivity index (χ0n) is 8.36. The third-order valence-corrected chi connectivity index (χ3v) is 1.88. The molecule has 0 saturated carbocycles. The SMILES string of the molecule is CCNc1cc(C(=O)O)c(F)cc1[N+](=O)[O-]. The largest absolute Gasteiger partial charge is 0.478 e. The first kappa shape index (κ1) is 11.9. The van der Waals surface area contributed by atoms with Gasteiger partial charge in [0.15, 0.2) is 0 Å². The van der Waals surface area contributed by atoms with Gasteiger partial charge in [0.2, 0.25) is 0 Å². The topological polar surface area (TPSA) is 92.5 Å². The zero-order valence-corrected chi connectivity index (χ0v) is 8.36. The van der Waals surface area contributed by atoms with E-state index in [-0.39, 0.29) is 5.69 Å². The first-order chi connectivity index (χ1) is 7.47. The van der Waals surface area contributed by atoms with Gasteiger partial charge in [-0.2, -0.15) is 0 Å². The van der Waals surface area contributed by atoms with Gasteiger partial charge in [-0.15, -0.1) is 0 Å². The van der Waals surface area contributed by atoms with Crippen molar-refractivity contribution in [1.29, 1.82) is 0 Å². The van der Waals surface area contributed by atoms with Crippen molar-refractivity contribution in [3.63, 3.8) is 0 Å². The van der Waals surface area contributed by atoms with Crippen molar-refractivity contribution in [1.82, 2.24) is 0 Å². The number of carboxylic acids is 1. The minimum absolute atomic E-state index is 0.00806. The van der Waals surface area contributed by atoms with Crippen molar-refractivity contribution in [2.75, 3.05) is 11.9 Å². The van der Waals surface area contributed by atoms with Crippen LogP contribution in [0.25, 0.3) is 0 Å². The lowest BCUT2D eigenvalue weighted by Gasteiger charge is -2.06. The molecule has 0 saturated heterocycles. The number of carbonyl (C=O) groups is 1. The van der Waals surface area contributed by atoms with E-state index in [1.54, 1.807) is 6.92 Å². The van der Waals surface area contributed by atoms with Crippen LogP contribution in [0, 0.1) is 15.9 Å². The first-order valence-corrected chi connectivity index (χ1v) is 4.42. The van der Waals surface area contributed by atoms with E-state index in [9.17, 15) is 19.3 Å². The Morgan fingerprint density at radius 2 is 2.25 bits per heavy atom. The Labute approximate surface area is 89.9 Å². The van der Waals surface area contributed by atoms with Crippen LogP contribution in [0.15, 0.2) is 12.1 Å². The Balaban J connectivity index is 3.36. The lowest BCUT2D eigenvalue weighted by Crippen LogP contribution is -2.07. The lowest BCUT2D eigenvalue weighted by molar-refractivity contribution is -0.384. The molecule has 0 aliphatic heterocycles. The van der Waals surface area contributed by atoms with Gasteiger partial charge in [-0.05, 0) is 13.0 Å². The summed E-state index contributed by atoms with van der Waals surface area (Å²) in [5.74, 6) is -2.59. The number of hydrogen-bond acceptors (Lipinski definition) is 4. The van der Waals surface area contributed by atoms with Gasteiger partial charge in [0.1, 0.15) is 11.5 Å². The highest BCUT2D eigenvalue weighted by molar-refractivity contribution is 5.90. The molecule has 0 fully saturated rings. The second kappa shape index (κ2) is 4.56. The van der Waals surface area contributed by atoms with Gasteiger partial charge >= 0.3 is 5.97 Å². The molecule has 0 unspecified atom stereocenters. The van der Waals surface area contributed by atoms with Gasteiger partial charge in [0, 0.05) is 6.54 Å². The predicted octanol–water partition coefficient (Wildman–Crippen LogP) is 1.86. The van der Waals surface area contributed by atoms with Crippen LogP contribution in [-0.4, -0.2) is 22.5 Å². The maximum absolute atomic E-state index is 13.2. The predicted molar refractivity (Wildman–Crippen MR) is 54.2 cm³/mol. The number of nitro groups is 1. The molecule has 1 aromatic rings. The molecule has 0 atom stereocenters. The summed E-state index contributed by atoms with van der Waals surface area (Å²) in [7, 11) is 0. The van der Waals surface area contributed by atoms with Crippen LogP contribution in [-0.2, 0) is 0 Å². The molecule has 16 heavy (non-hydrogen) atoms. The Bertz CT molecular complexity index is 447. The van der Waals surface area contributed by atoms with Crippen molar-refractivity contribution < 1.29 is 19.2 Å². The summed E-state index contributed by atoms with van der Waals surface area (Å²) in [4.78, 5) is 20.4. The second-order valence-corrected chi connectivity index (χ2v) is 2.94. The number of nitro benzene ring substituents is 1. The van der Waals surface area contributed by atoms with E-state index in [1.807, 2.05) is 0 Å². The zero-order chi connectivity index (χ0) is 12.3. The van der Waals surface area contributed by atoms with Gasteiger partial charge in [-0.25, -0.2) is 9.18 Å². The van der Waals surface area contributed by atoms with E-state index >= 15 is 0 Å². The Morgan fingerprint density at radius 3 is 2.69 bits per heavy atom. The fraction of sp³-hybridized carbons (Fsp3) is 0.222. The quantitative estimate of drug-likeness (QED) is 0.606. The van der Waals surface area contributed by atoms with Crippen LogP contribution in [0.4, 0.5) is 15.8 Å². The summed E-state index contributed by atoms with van der Waals surface area (Å²) in [6.45, 7) is 2.05. The highest BCUT2D eigenvalue weighted by Gasteiger charge is 2.20. The van der Waals surface area contributed by atoms with Crippen molar-refractivity contribution in [2.45, 2.75) is 6.92 Å². The summed E-state index contributed by atoms with van der Waals surface area (Å²) in [5, 5.41) is 21.8. The van der Waals surface area contributed by atoms with Crippen molar-refractivity contribution >= 4 is 17.3 Å². The van der Waals surface area contributed by atoms with Crippen molar-refractivity contribution in [3.8, 4) is 0 Å². The van der Waals surface area contributed by atoms with Crippen LogP contribution in [0.5, 0.6) is 0 Å². The van der Waals surface area contributed by atoms with Crippen LogP contribution < -0.4 is 5.32 Å². The molecule has 0 heterocycles. The highest BCUT2D eigenvalue weighted by atomic mass is 19.1. The number of aromatic carboxylic acids is 1. The van der Waals surface area contributed by atoms with E-state index in [4.69, 9.17) is 5.11 Å². The third-order valence-electron chi connectivity index (χ3n) is 1.88. The molecule has 0 amide bonds. The number of carboxylic acid groups (broad SMARTS) is 1. The number of halogens is 1. The molecule has 1 aromatic carbocycles. The monoisotopic (exact) mass is 228 g/mol. The van der Waals surface area contributed by atoms with E-state index in [0.717, 1.165) is 6.07 Å². The molecule has 1 rings (SSSR count). The summed E-state index contributed by atoms with van der Waals surface area (Å²) in [5.41, 5.74) is -1.09. The highest BCUT2D eigenvalue weighted by Crippen LogP contribution is 2.27. The molecule has 0 aliphatic rings. The van der Waals surface area contributed by atoms with Gasteiger partial charge in [-0.3, -0.25) is 10.1 Å². The normalized spacial score (nSPS) is 9.88. The number of anilines is 1. The first-order valence-electron chi connectivity index (χ1n) is 4.42. The molecule has 0 aromatic heterocycles. The van der Waals surface area contributed by atoms with E-state index in [0.29, 0.717) is 12.6 Å². The molecule has 6 nitrogen and oxygen atoms in total. The van der Waals surface area contributed by atoms with E-state index < -0.39 is 28.0 Å². The average Bonchev–Trinajstić information content (AvgIpc) is 2.19. The standard InChI is InChI=1S/C9H9FN2O4/c1-2-11-7-3-5(9(13)14)6(10)4-8(7)12(15)16/h3-4,11H,2H2,1H3,(H,13,14). The maximum atomic E-state index is 13.2. The minimum Gasteiger partial charge on any atom is -0.478 e. The third kappa shape index (κ3) is 2.25. The fourth-order valence-electron chi connectivity index (χ4n) is 1.21. The summed E-state index contributed by atoms with van der Waals surface area (Å²) < 4.78 is 13.2. The number of nitrogens with zero attached hydrogens (tertiary/aromatic N) is 1. The van der Waals surface area contributed by atoms with Gasteiger partial charge in [0.25, 0.3) is 5.69 Å². The number of benzene rings is 1. The molecular formula is C9H9FN2O4. The second-order valence-electron chi connectivity index (χ2n) is 2.94. The van der Waals surface area contributed by atoms with Crippen LogP contribution >= 0.6 is 0 Å². The Kier molecular flexibility index (Phi) is 3.39. The van der Waals surface area contributed by atoms with Crippen LogP contribution in [0.3, 0.4) is 0 Å². The number of rotatable bonds is 4. The fourth-order valence-corrected chi connectivity index (χ4v) is 1.21. The van der Waals surface area contributed by atoms with E-state index in [1.165, 1.54) is 0 Å². The van der Waals surface area contributed by atoms with Crippen molar-refractivity contribution in [2.24, 2.45) is 0 Å². The van der Waals surface area contributed by atoms with Crippen LogP contribution in [0.2, 0.25) is 0 Å². The molecule has 0 spiro atoms. The molecule has 86 valence electrons. The van der Waals surface area contributed by atoms with Gasteiger partial charge in [-0.1, -0.05) is 0 Å². The average molecular weight is 228 g/mol. The maximum Gasteiger partial charge on any atom is 0.338 e. The molecule has 0 aliphatic carbocycles. The summed E-state index contributed by atoms with van der Waals surface area (Å²) in [6.07, 6.45) is 0. The summed E-state index contributed by atoms with van der Waals surface area (Å²) >= 11 is 0. The van der Waals surface area contributed by atoms with Crippen molar-refractivity contribution in [3.05, 3.63) is 33.6 Å². The lowest BCUT2D eigenvalue weighted by atomic mass is 10.1. The van der Waals surface area contributed by atoms with E-state index in [2.05, 4.69) is 5.32 Å². The molecule has 0 radical (unpaired) electrons. The molecule has 7 heteroatoms. The van der Waals surface area contributed by atoms with Gasteiger partial charge < -0.3 is 10.4 Å². The number of nitrogens with one attached hydrogen (secondary N) is 1. The van der Waals surface area contributed by atoms with Gasteiger partial charge in [0.05, 0.1) is 16.6 Å². The Hall–Kier alpha value is -2.18. The number of hydrogen-bond donors (Lipinski definition) is 2. The smallest absolute Gasteiger partial charge is 0.338 e.